The minimum atomic E-state index is 0.360. The standard InChI is InChI=1S/C17H20O/c18-17(16(12-6-7-12)13-8-9-13)15-10-14(15)11-4-2-1-3-5-11/h1-5,12-16H,6-10H2. The maximum Gasteiger partial charge on any atom is 0.140 e. The van der Waals surface area contributed by atoms with Gasteiger partial charge < -0.3 is 0 Å². The van der Waals surface area contributed by atoms with Gasteiger partial charge in [0, 0.05) is 11.8 Å². The molecule has 0 amide bonds. The number of Topliss-reactive ketones (excluding diaryl/α,β-unsaturated/α-hetero) is 1. The zero-order valence-corrected chi connectivity index (χ0v) is 10.7. The summed E-state index contributed by atoms with van der Waals surface area (Å²) in [5, 5.41) is 0. The van der Waals surface area contributed by atoms with Crippen molar-refractivity contribution in [3.63, 3.8) is 0 Å². The molecule has 1 nitrogen and oxygen atoms in total. The van der Waals surface area contributed by atoms with Gasteiger partial charge in [-0.3, -0.25) is 4.79 Å². The molecular formula is C17H20O. The quantitative estimate of drug-likeness (QED) is 0.765. The van der Waals surface area contributed by atoms with Crippen molar-refractivity contribution in [1.29, 1.82) is 0 Å². The molecule has 2 unspecified atom stereocenters. The number of hydrogen-bond acceptors (Lipinski definition) is 1. The summed E-state index contributed by atoms with van der Waals surface area (Å²) in [7, 11) is 0. The average molecular weight is 240 g/mol. The zero-order valence-electron chi connectivity index (χ0n) is 10.7. The van der Waals surface area contributed by atoms with Gasteiger partial charge in [-0.05, 0) is 55.4 Å². The highest BCUT2D eigenvalue weighted by Gasteiger charge is 2.53. The van der Waals surface area contributed by atoms with Crippen LogP contribution in [0.3, 0.4) is 0 Å². The number of ketones is 1. The monoisotopic (exact) mass is 240 g/mol. The van der Waals surface area contributed by atoms with E-state index in [-0.39, 0.29) is 0 Å². The molecule has 1 heteroatoms. The van der Waals surface area contributed by atoms with Gasteiger partial charge >= 0.3 is 0 Å². The third kappa shape index (κ3) is 1.90. The smallest absolute Gasteiger partial charge is 0.140 e. The van der Waals surface area contributed by atoms with Crippen molar-refractivity contribution in [1.82, 2.24) is 0 Å². The van der Waals surface area contributed by atoms with Crippen molar-refractivity contribution in [3.05, 3.63) is 35.9 Å². The third-order valence-electron chi connectivity index (χ3n) is 4.97. The average Bonchev–Trinajstić information content (AvgIpc) is 3.28. The summed E-state index contributed by atoms with van der Waals surface area (Å²) in [6.45, 7) is 0. The van der Waals surface area contributed by atoms with Gasteiger partial charge in [-0.25, -0.2) is 0 Å². The molecule has 3 fully saturated rings. The Morgan fingerprint density at radius 1 is 1.00 bits per heavy atom. The van der Waals surface area contributed by atoms with Crippen molar-refractivity contribution in [2.45, 2.75) is 38.0 Å². The van der Waals surface area contributed by atoms with Crippen LogP contribution in [0.4, 0.5) is 0 Å². The third-order valence-corrected chi connectivity index (χ3v) is 4.97. The molecule has 0 bridgehead atoms. The first-order valence-corrected chi connectivity index (χ1v) is 7.43. The van der Waals surface area contributed by atoms with E-state index in [2.05, 4.69) is 30.3 Å². The zero-order chi connectivity index (χ0) is 12.1. The number of rotatable bonds is 5. The van der Waals surface area contributed by atoms with Crippen LogP contribution in [0.25, 0.3) is 0 Å². The maximum atomic E-state index is 12.7. The Bertz CT molecular complexity index is 444. The fourth-order valence-electron chi connectivity index (χ4n) is 3.59. The summed E-state index contributed by atoms with van der Waals surface area (Å²) < 4.78 is 0. The highest BCUT2D eigenvalue weighted by atomic mass is 16.1. The number of carbonyl (C=O) groups excluding carboxylic acids is 1. The lowest BCUT2D eigenvalue weighted by Gasteiger charge is -2.13. The van der Waals surface area contributed by atoms with E-state index in [1.807, 2.05) is 0 Å². The molecule has 3 aliphatic carbocycles. The van der Waals surface area contributed by atoms with E-state index in [0.717, 1.165) is 18.3 Å². The Morgan fingerprint density at radius 2 is 1.61 bits per heavy atom. The highest BCUT2D eigenvalue weighted by molar-refractivity contribution is 5.88. The van der Waals surface area contributed by atoms with Crippen molar-refractivity contribution < 1.29 is 4.79 Å². The van der Waals surface area contributed by atoms with Crippen LogP contribution in [0.15, 0.2) is 30.3 Å². The van der Waals surface area contributed by atoms with Gasteiger partial charge in [0.1, 0.15) is 5.78 Å². The molecule has 18 heavy (non-hydrogen) atoms. The van der Waals surface area contributed by atoms with E-state index in [9.17, 15) is 4.79 Å². The van der Waals surface area contributed by atoms with Crippen molar-refractivity contribution in [3.8, 4) is 0 Å². The summed E-state index contributed by atoms with van der Waals surface area (Å²) in [5.74, 6) is 3.50. The molecule has 0 aliphatic heterocycles. The minimum Gasteiger partial charge on any atom is -0.299 e. The lowest BCUT2D eigenvalue weighted by Crippen LogP contribution is -2.21. The van der Waals surface area contributed by atoms with Crippen molar-refractivity contribution in [2.75, 3.05) is 0 Å². The fraction of sp³-hybridized carbons (Fsp3) is 0.588. The molecule has 1 aromatic rings. The molecular weight excluding hydrogens is 220 g/mol. The second-order valence-electron chi connectivity index (χ2n) is 6.46. The Hall–Kier alpha value is -1.11. The predicted octanol–water partition coefficient (Wildman–Crippen LogP) is 3.80. The lowest BCUT2D eigenvalue weighted by atomic mass is 9.89. The first-order chi connectivity index (χ1) is 8.84. The topological polar surface area (TPSA) is 17.1 Å². The van der Waals surface area contributed by atoms with Crippen LogP contribution >= 0.6 is 0 Å². The molecule has 4 rings (SSSR count). The SMILES string of the molecule is O=C(C1CC1c1ccccc1)C(C1CC1)C1CC1. The number of hydrogen-bond donors (Lipinski definition) is 0. The van der Waals surface area contributed by atoms with E-state index < -0.39 is 0 Å². The second kappa shape index (κ2) is 3.94. The van der Waals surface area contributed by atoms with Gasteiger partial charge in [-0.15, -0.1) is 0 Å². The molecule has 0 saturated heterocycles. The van der Waals surface area contributed by atoms with Gasteiger partial charge in [-0.1, -0.05) is 30.3 Å². The molecule has 0 radical (unpaired) electrons. The van der Waals surface area contributed by atoms with E-state index in [0.29, 0.717) is 23.5 Å². The van der Waals surface area contributed by atoms with Crippen molar-refractivity contribution in [2.24, 2.45) is 23.7 Å². The van der Waals surface area contributed by atoms with E-state index in [1.165, 1.54) is 31.2 Å². The Morgan fingerprint density at radius 3 is 2.17 bits per heavy atom. The van der Waals surface area contributed by atoms with Crippen LogP contribution in [0.1, 0.15) is 43.6 Å². The van der Waals surface area contributed by atoms with Gasteiger partial charge in [0.15, 0.2) is 0 Å². The second-order valence-corrected chi connectivity index (χ2v) is 6.46. The molecule has 0 heterocycles. The van der Waals surface area contributed by atoms with E-state index in [4.69, 9.17) is 0 Å². The van der Waals surface area contributed by atoms with Crippen molar-refractivity contribution >= 4 is 5.78 Å². The Balaban J connectivity index is 1.47. The molecule has 0 aromatic heterocycles. The Labute approximate surface area is 109 Å². The summed E-state index contributed by atoms with van der Waals surface area (Å²) in [6.07, 6.45) is 6.37. The van der Waals surface area contributed by atoms with Gasteiger partial charge in [0.25, 0.3) is 0 Å². The van der Waals surface area contributed by atoms with Crippen LogP contribution in [-0.4, -0.2) is 5.78 Å². The molecule has 3 saturated carbocycles. The van der Waals surface area contributed by atoms with E-state index in [1.54, 1.807) is 0 Å². The fourth-order valence-corrected chi connectivity index (χ4v) is 3.59. The summed E-state index contributed by atoms with van der Waals surface area (Å²) in [6, 6.07) is 10.6. The first-order valence-electron chi connectivity index (χ1n) is 7.43. The molecule has 0 N–H and O–H groups in total. The van der Waals surface area contributed by atoms with Gasteiger partial charge in [-0.2, -0.15) is 0 Å². The van der Waals surface area contributed by atoms with Crippen LogP contribution in [0.2, 0.25) is 0 Å². The van der Waals surface area contributed by atoms with Gasteiger partial charge in [0.05, 0.1) is 0 Å². The molecule has 94 valence electrons. The number of carbonyl (C=O) groups is 1. The van der Waals surface area contributed by atoms with Crippen LogP contribution in [0, 0.1) is 23.7 Å². The van der Waals surface area contributed by atoms with Crippen LogP contribution in [-0.2, 0) is 4.79 Å². The maximum absolute atomic E-state index is 12.7. The first kappa shape index (κ1) is 10.8. The molecule has 1 aromatic carbocycles. The number of benzene rings is 1. The Kier molecular flexibility index (Phi) is 2.36. The van der Waals surface area contributed by atoms with Gasteiger partial charge in [0.2, 0.25) is 0 Å². The normalized spacial score (nSPS) is 30.5. The lowest BCUT2D eigenvalue weighted by molar-refractivity contribution is -0.125. The summed E-state index contributed by atoms with van der Waals surface area (Å²) in [5.41, 5.74) is 1.38. The minimum absolute atomic E-state index is 0.360. The molecule has 0 spiro atoms. The molecule has 2 atom stereocenters. The van der Waals surface area contributed by atoms with Crippen LogP contribution < -0.4 is 0 Å². The summed E-state index contributed by atoms with van der Waals surface area (Å²) >= 11 is 0. The molecule has 3 aliphatic rings. The summed E-state index contributed by atoms with van der Waals surface area (Å²) in [4.78, 5) is 12.7. The highest BCUT2D eigenvalue weighted by Crippen LogP contribution is 2.56. The van der Waals surface area contributed by atoms with E-state index >= 15 is 0 Å². The predicted molar refractivity (Wildman–Crippen MR) is 71.2 cm³/mol. The largest absolute Gasteiger partial charge is 0.299 e. The van der Waals surface area contributed by atoms with Crippen LogP contribution in [0.5, 0.6) is 0 Å².